The van der Waals surface area contributed by atoms with Crippen molar-refractivity contribution >= 4 is 17.7 Å². The Labute approximate surface area is 181 Å². The topological polar surface area (TPSA) is 90.9 Å². The van der Waals surface area contributed by atoms with Gasteiger partial charge >= 0.3 is 5.97 Å². The lowest BCUT2D eigenvalue weighted by Crippen LogP contribution is -2.33. The van der Waals surface area contributed by atoms with Gasteiger partial charge in [0.2, 0.25) is 0 Å². The van der Waals surface area contributed by atoms with Crippen LogP contribution in [0.4, 0.5) is 0 Å². The van der Waals surface area contributed by atoms with Crippen LogP contribution >= 0.6 is 0 Å². The van der Waals surface area contributed by atoms with E-state index in [0.29, 0.717) is 17.2 Å². The van der Waals surface area contributed by atoms with Crippen molar-refractivity contribution < 1.29 is 28.6 Å². The van der Waals surface area contributed by atoms with E-state index in [0.717, 1.165) is 24.2 Å². The zero-order valence-electron chi connectivity index (χ0n) is 17.8. The Hall–Kier alpha value is -3.35. The smallest absolute Gasteiger partial charge is 0.309 e. The molecule has 0 aliphatic heterocycles. The fourth-order valence-corrected chi connectivity index (χ4v) is 3.19. The lowest BCUT2D eigenvalue weighted by molar-refractivity contribution is -0.149. The van der Waals surface area contributed by atoms with Gasteiger partial charge in [0.05, 0.1) is 26.2 Å². The largest absolute Gasteiger partial charge is 0.497 e. The summed E-state index contributed by atoms with van der Waals surface area (Å²) < 4.78 is 15.7. The standard InChI is InChI=1S/C24H27NO6/c1-16(26)17-5-11-21(12-6-17)30-14-13-23(28)31-15-22(27)25-24(18-3-4-18)19-7-9-20(29-2)10-8-19/h5-12,18,24H,3-4,13-15H2,1-2H3,(H,25,27). The molecule has 1 saturated carbocycles. The molecule has 164 valence electrons. The Balaban J connectivity index is 1.39. The Morgan fingerprint density at radius 1 is 1.00 bits per heavy atom. The number of nitrogens with one attached hydrogen (secondary N) is 1. The SMILES string of the molecule is COc1ccc(C(NC(=O)COC(=O)CCOc2ccc(C(C)=O)cc2)C2CC2)cc1. The second kappa shape index (κ2) is 10.6. The fraction of sp³-hybridized carbons (Fsp3) is 0.375. The van der Waals surface area contributed by atoms with E-state index < -0.39 is 5.97 Å². The summed E-state index contributed by atoms with van der Waals surface area (Å²) in [6.07, 6.45) is 2.13. The maximum atomic E-state index is 12.3. The lowest BCUT2D eigenvalue weighted by atomic mass is 10.0. The van der Waals surface area contributed by atoms with E-state index in [-0.39, 0.29) is 37.4 Å². The minimum atomic E-state index is -0.511. The quantitative estimate of drug-likeness (QED) is 0.438. The molecular weight excluding hydrogens is 398 g/mol. The molecule has 0 radical (unpaired) electrons. The predicted octanol–water partition coefficient (Wildman–Crippen LogP) is 3.48. The van der Waals surface area contributed by atoms with E-state index in [1.165, 1.54) is 6.92 Å². The summed E-state index contributed by atoms with van der Waals surface area (Å²) in [5, 5.41) is 2.97. The number of carbonyl (C=O) groups excluding carboxylic acids is 3. The van der Waals surface area contributed by atoms with Crippen LogP contribution in [0.25, 0.3) is 0 Å². The van der Waals surface area contributed by atoms with Crippen molar-refractivity contribution in [1.29, 1.82) is 0 Å². The number of hydrogen-bond donors (Lipinski definition) is 1. The van der Waals surface area contributed by atoms with Gasteiger partial charge in [0.1, 0.15) is 11.5 Å². The van der Waals surface area contributed by atoms with E-state index >= 15 is 0 Å². The van der Waals surface area contributed by atoms with Crippen molar-refractivity contribution in [3.05, 3.63) is 59.7 Å². The summed E-state index contributed by atoms with van der Waals surface area (Å²) in [5.74, 6) is 0.850. The maximum absolute atomic E-state index is 12.3. The summed E-state index contributed by atoms with van der Waals surface area (Å²) in [4.78, 5) is 35.5. The summed E-state index contributed by atoms with van der Waals surface area (Å²) in [7, 11) is 1.61. The normalized spacial score (nSPS) is 13.7. The highest BCUT2D eigenvalue weighted by atomic mass is 16.5. The first-order chi connectivity index (χ1) is 15.0. The minimum Gasteiger partial charge on any atom is -0.497 e. The van der Waals surface area contributed by atoms with Crippen LogP contribution in [0.1, 0.15) is 48.1 Å². The molecule has 2 aromatic rings. The molecule has 1 fully saturated rings. The summed E-state index contributed by atoms with van der Waals surface area (Å²) in [5.41, 5.74) is 1.60. The first-order valence-corrected chi connectivity index (χ1v) is 10.3. The lowest BCUT2D eigenvalue weighted by Gasteiger charge is -2.19. The van der Waals surface area contributed by atoms with Crippen molar-refractivity contribution in [3.63, 3.8) is 0 Å². The van der Waals surface area contributed by atoms with Gasteiger partial charge in [0, 0.05) is 5.56 Å². The molecule has 0 heterocycles. The number of rotatable bonds is 11. The number of ether oxygens (including phenoxy) is 3. The van der Waals surface area contributed by atoms with Crippen LogP contribution in [0.2, 0.25) is 0 Å². The van der Waals surface area contributed by atoms with Crippen LogP contribution in [0.3, 0.4) is 0 Å². The van der Waals surface area contributed by atoms with Crippen molar-refractivity contribution in [2.45, 2.75) is 32.2 Å². The number of Topliss-reactive ketones (excluding diaryl/α,β-unsaturated/α-hetero) is 1. The molecule has 3 rings (SSSR count). The van der Waals surface area contributed by atoms with Crippen LogP contribution in [0, 0.1) is 5.92 Å². The van der Waals surface area contributed by atoms with E-state index in [4.69, 9.17) is 14.2 Å². The number of carbonyl (C=O) groups is 3. The molecule has 31 heavy (non-hydrogen) atoms. The first-order valence-electron chi connectivity index (χ1n) is 10.3. The highest BCUT2D eigenvalue weighted by Crippen LogP contribution is 2.41. The van der Waals surface area contributed by atoms with Crippen molar-refractivity contribution in [3.8, 4) is 11.5 Å². The van der Waals surface area contributed by atoms with E-state index in [1.807, 2.05) is 24.3 Å². The molecule has 0 spiro atoms. The number of ketones is 1. The molecule has 1 N–H and O–H groups in total. The number of esters is 1. The molecule has 0 bridgehead atoms. The zero-order valence-corrected chi connectivity index (χ0v) is 17.8. The van der Waals surface area contributed by atoms with Crippen LogP contribution < -0.4 is 14.8 Å². The van der Waals surface area contributed by atoms with Crippen LogP contribution in [0.15, 0.2) is 48.5 Å². The Bertz CT molecular complexity index is 903. The van der Waals surface area contributed by atoms with E-state index in [1.54, 1.807) is 31.4 Å². The summed E-state index contributed by atoms with van der Waals surface area (Å²) in [6, 6.07) is 14.2. The molecule has 1 aliphatic rings. The van der Waals surface area contributed by atoms with Gasteiger partial charge in [-0.3, -0.25) is 14.4 Å². The third-order valence-corrected chi connectivity index (χ3v) is 5.08. The highest BCUT2D eigenvalue weighted by molar-refractivity contribution is 5.94. The van der Waals surface area contributed by atoms with Gasteiger partial charge in [-0.2, -0.15) is 0 Å². The average Bonchev–Trinajstić information content (AvgIpc) is 3.62. The van der Waals surface area contributed by atoms with Gasteiger partial charge in [-0.05, 0) is 67.6 Å². The second-order valence-electron chi connectivity index (χ2n) is 7.50. The first kappa shape index (κ1) is 22.3. The molecule has 0 saturated heterocycles. The molecule has 7 heteroatoms. The number of amides is 1. The average molecular weight is 425 g/mol. The summed E-state index contributed by atoms with van der Waals surface area (Å²) in [6.45, 7) is 1.29. The van der Waals surface area contributed by atoms with Gasteiger partial charge in [0.15, 0.2) is 12.4 Å². The monoisotopic (exact) mass is 425 g/mol. The van der Waals surface area contributed by atoms with Gasteiger partial charge in [-0.25, -0.2) is 0 Å². The molecule has 2 aromatic carbocycles. The predicted molar refractivity (Wildman–Crippen MR) is 114 cm³/mol. The molecule has 1 aliphatic carbocycles. The Morgan fingerprint density at radius 3 is 2.23 bits per heavy atom. The summed E-state index contributed by atoms with van der Waals surface area (Å²) >= 11 is 0. The van der Waals surface area contributed by atoms with Gasteiger partial charge in [-0.15, -0.1) is 0 Å². The van der Waals surface area contributed by atoms with Crippen molar-refractivity contribution in [1.82, 2.24) is 5.32 Å². The number of hydrogen-bond acceptors (Lipinski definition) is 6. The third-order valence-electron chi connectivity index (χ3n) is 5.08. The van der Waals surface area contributed by atoms with Crippen molar-refractivity contribution in [2.24, 2.45) is 5.92 Å². The molecular formula is C24H27NO6. The number of methoxy groups -OCH3 is 1. The van der Waals surface area contributed by atoms with Crippen molar-refractivity contribution in [2.75, 3.05) is 20.3 Å². The molecule has 1 unspecified atom stereocenters. The molecule has 0 aromatic heterocycles. The van der Waals surface area contributed by atoms with Crippen LogP contribution in [0.5, 0.6) is 11.5 Å². The minimum absolute atomic E-state index is 0.0201. The number of benzene rings is 2. The van der Waals surface area contributed by atoms with E-state index in [9.17, 15) is 14.4 Å². The molecule has 1 amide bonds. The highest BCUT2D eigenvalue weighted by Gasteiger charge is 2.33. The van der Waals surface area contributed by atoms with Gasteiger partial charge in [-0.1, -0.05) is 12.1 Å². The Morgan fingerprint density at radius 2 is 1.65 bits per heavy atom. The fourth-order valence-electron chi connectivity index (χ4n) is 3.19. The Kier molecular flexibility index (Phi) is 7.65. The second-order valence-corrected chi connectivity index (χ2v) is 7.50. The zero-order chi connectivity index (χ0) is 22.2. The molecule has 7 nitrogen and oxygen atoms in total. The van der Waals surface area contributed by atoms with Gasteiger partial charge in [0.25, 0.3) is 5.91 Å². The maximum Gasteiger partial charge on any atom is 0.309 e. The third kappa shape index (κ3) is 6.84. The van der Waals surface area contributed by atoms with Crippen LogP contribution in [-0.2, 0) is 14.3 Å². The van der Waals surface area contributed by atoms with Gasteiger partial charge < -0.3 is 19.5 Å². The van der Waals surface area contributed by atoms with Crippen LogP contribution in [-0.4, -0.2) is 38.0 Å². The van der Waals surface area contributed by atoms with E-state index in [2.05, 4.69) is 5.32 Å². The molecule has 1 atom stereocenters.